The highest BCUT2D eigenvalue weighted by Crippen LogP contribution is 2.29. The summed E-state index contributed by atoms with van der Waals surface area (Å²) in [7, 11) is 0. The van der Waals surface area contributed by atoms with Crippen molar-refractivity contribution in [3.63, 3.8) is 0 Å². The van der Waals surface area contributed by atoms with E-state index in [4.69, 9.17) is 10.5 Å². The fourth-order valence-corrected chi connectivity index (χ4v) is 3.50. The van der Waals surface area contributed by atoms with Crippen molar-refractivity contribution in [3.05, 3.63) is 18.2 Å². The van der Waals surface area contributed by atoms with E-state index in [1.54, 1.807) is 11.8 Å². The molecule has 2 unspecified atom stereocenters. The highest BCUT2D eigenvalue weighted by molar-refractivity contribution is 7.99. The maximum absolute atomic E-state index is 6.26. The minimum atomic E-state index is 0.220. The summed E-state index contributed by atoms with van der Waals surface area (Å²) >= 11 is 1.75. The first-order valence-electron chi connectivity index (χ1n) is 7.72. The molecule has 0 spiro atoms. The van der Waals surface area contributed by atoms with Crippen LogP contribution < -0.4 is 10.5 Å². The van der Waals surface area contributed by atoms with Crippen molar-refractivity contribution in [3.8, 4) is 5.75 Å². The molecule has 5 heteroatoms. The number of hydrogen-bond donors (Lipinski definition) is 2. The zero-order valence-corrected chi connectivity index (χ0v) is 13.9. The van der Waals surface area contributed by atoms with Crippen LogP contribution in [0.25, 0.3) is 11.0 Å². The molecule has 0 radical (unpaired) electrons. The third-order valence-corrected chi connectivity index (χ3v) is 4.91. The van der Waals surface area contributed by atoms with Gasteiger partial charge in [-0.25, -0.2) is 4.98 Å². The van der Waals surface area contributed by atoms with E-state index in [2.05, 4.69) is 23.8 Å². The largest absolute Gasteiger partial charge is 0.494 e. The fourth-order valence-electron chi connectivity index (χ4n) is 2.41. The Morgan fingerprint density at radius 1 is 1.33 bits per heavy atom. The van der Waals surface area contributed by atoms with Gasteiger partial charge in [0.05, 0.1) is 17.6 Å². The first-order chi connectivity index (χ1) is 10.2. The Labute approximate surface area is 130 Å². The van der Waals surface area contributed by atoms with Gasteiger partial charge in [-0.3, -0.25) is 0 Å². The quantitative estimate of drug-likeness (QED) is 0.725. The van der Waals surface area contributed by atoms with Gasteiger partial charge in [0.25, 0.3) is 0 Å². The van der Waals surface area contributed by atoms with Crippen molar-refractivity contribution in [2.75, 3.05) is 6.61 Å². The lowest BCUT2D eigenvalue weighted by Gasteiger charge is -2.20. The minimum absolute atomic E-state index is 0.220. The van der Waals surface area contributed by atoms with Gasteiger partial charge in [-0.15, -0.1) is 0 Å². The van der Waals surface area contributed by atoms with Crippen LogP contribution in [0.5, 0.6) is 5.75 Å². The predicted molar refractivity (Wildman–Crippen MR) is 90.1 cm³/mol. The number of aromatic amines is 1. The van der Waals surface area contributed by atoms with Gasteiger partial charge in [0.15, 0.2) is 5.16 Å². The summed E-state index contributed by atoms with van der Waals surface area (Å²) in [5.41, 5.74) is 8.25. The highest BCUT2D eigenvalue weighted by atomic mass is 32.2. The summed E-state index contributed by atoms with van der Waals surface area (Å²) in [5.74, 6) is 0.875. The van der Waals surface area contributed by atoms with E-state index in [0.29, 0.717) is 11.9 Å². The van der Waals surface area contributed by atoms with Crippen molar-refractivity contribution < 1.29 is 4.74 Å². The van der Waals surface area contributed by atoms with Gasteiger partial charge in [0.2, 0.25) is 0 Å². The molecule has 21 heavy (non-hydrogen) atoms. The lowest BCUT2D eigenvalue weighted by molar-refractivity contribution is 0.340. The van der Waals surface area contributed by atoms with Crippen LogP contribution >= 0.6 is 11.8 Å². The van der Waals surface area contributed by atoms with E-state index in [0.717, 1.165) is 41.2 Å². The Balaban J connectivity index is 2.14. The average Bonchev–Trinajstić information content (AvgIpc) is 2.87. The van der Waals surface area contributed by atoms with Gasteiger partial charge in [0, 0.05) is 17.4 Å². The van der Waals surface area contributed by atoms with Crippen molar-refractivity contribution >= 4 is 22.8 Å². The number of rotatable bonds is 8. The SMILES string of the molecule is CCCC(N)C(CC)Sc1nc2ccc(OCC)cc2[nH]1. The second-order valence-electron chi connectivity index (χ2n) is 5.17. The van der Waals surface area contributed by atoms with Crippen molar-refractivity contribution in [1.29, 1.82) is 0 Å². The molecule has 2 atom stereocenters. The van der Waals surface area contributed by atoms with Crippen LogP contribution in [-0.4, -0.2) is 27.9 Å². The molecule has 1 aromatic carbocycles. The van der Waals surface area contributed by atoms with Crippen LogP contribution in [-0.2, 0) is 0 Å². The summed E-state index contributed by atoms with van der Waals surface area (Å²) in [6.07, 6.45) is 3.23. The average molecular weight is 307 g/mol. The molecular formula is C16H25N3OS. The Morgan fingerprint density at radius 3 is 2.81 bits per heavy atom. The predicted octanol–water partition coefficient (Wildman–Crippen LogP) is 3.96. The lowest BCUT2D eigenvalue weighted by atomic mass is 10.1. The zero-order chi connectivity index (χ0) is 15.2. The molecule has 0 amide bonds. The maximum atomic E-state index is 6.26. The first-order valence-corrected chi connectivity index (χ1v) is 8.60. The molecule has 0 aliphatic carbocycles. The van der Waals surface area contributed by atoms with Crippen LogP contribution in [0.4, 0.5) is 0 Å². The monoisotopic (exact) mass is 307 g/mol. The Kier molecular flexibility index (Phi) is 5.94. The molecule has 116 valence electrons. The van der Waals surface area contributed by atoms with E-state index in [9.17, 15) is 0 Å². The Morgan fingerprint density at radius 2 is 2.14 bits per heavy atom. The molecule has 1 heterocycles. The van der Waals surface area contributed by atoms with E-state index in [1.807, 2.05) is 25.1 Å². The summed E-state index contributed by atoms with van der Waals surface area (Å²) in [4.78, 5) is 8.01. The number of thioether (sulfide) groups is 1. The third kappa shape index (κ3) is 4.14. The van der Waals surface area contributed by atoms with Gasteiger partial charge in [-0.2, -0.15) is 0 Å². The second kappa shape index (κ2) is 7.71. The molecule has 2 aromatic rings. The number of nitrogens with one attached hydrogen (secondary N) is 1. The normalized spacial score (nSPS) is 14.3. The van der Waals surface area contributed by atoms with Crippen molar-refractivity contribution in [1.82, 2.24) is 9.97 Å². The molecule has 0 fully saturated rings. The molecular weight excluding hydrogens is 282 g/mol. The summed E-state index contributed by atoms with van der Waals surface area (Å²) in [6, 6.07) is 6.18. The van der Waals surface area contributed by atoms with Crippen LogP contribution in [0.3, 0.4) is 0 Å². The lowest BCUT2D eigenvalue weighted by Crippen LogP contribution is -2.31. The number of hydrogen-bond acceptors (Lipinski definition) is 4. The summed E-state index contributed by atoms with van der Waals surface area (Å²) in [6.45, 7) is 7.02. The second-order valence-corrected chi connectivity index (χ2v) is 6.40. The van der Waals surface area contributed by atoms with Gasteiger partial charge >= 0.3 is 0 Å². The van der Waals surface area contributed by atoms with E-state index < -0.39 is 0 Å². The number of fused-ring (bicyclic) bond motifs is 1. The molecule has 2 rings (SSSR count). The number of imidazole rings is 1. The Hall–Kier alpha value is -1.20. The topological polar surface area (TPSA) is 63.9 Å². The zero-order valence-electron chi connectivity index (χ0n) is 13.1. The standard InChI is InChI=1S/C16H25N3OS/c1-4-7-12(17)15(5-2)21-16-18-13-9-8-11(20-6-3)10-14(13)19-16/h8-10,12,15H,4-7,17H2,1-3H3,(H,18,19). The van der Waals surface area contributed by atoms with Crippen LogP contribution in [0.15, 0.2) is 23.4 Å². The van der Waals surface area contributed by atoms with Crippen LogP contribution in [0.1, 0.15) is 40.0 Å². The van der Waals surface area contributed by atoms with Crippen molar-refractivity contribution in [2.45, 2.75) is 56.5 Å². The molecule has 1 aromatic heterocycles. The van der Waals surface area contributed by atoms with Gasteiger partial charge in [-0.05, 0) is 31.9 Å². The molecule has 0 saturated carbocycles. The number of ether oxygens (including phenoxy) is 1. The molecule has 0 bridgehead atoms. The molecule has 3 N–H and O–H groups in total. The highest BCUT2D eigenvalue weighted by Gasteiger charge is 2.18. The molecule has 4 nitrogen and oxygen atoms in total. The molecule has 0 aliphatic rings. The summed E-state index contributed by atoms with van der Waals surface area (Å²) in [5, 5.41) is 1.34. The van der Waals surface area contributed by atoms with Crippen LogP contribution in [0, 0.1) is 0 Å². The van der Waals surface area contributed by atoms with Gasteiger partial charge in [0.1, 0.15) is 5.75 Å². The van der Waals surface area contributed by atoms with E-state index in [-0.39, 0.29) is 6.04 Å². The van der Waals surface area contributed by atoms with E-state index in [1.165, 1.54) is 0 Å². The summed E-state index contributed by atoms with van der Waals surface area (Å²) < 4.78 is 5.52. The van der Waals surface area contributed by atoms with Gasteiger partial charge in [-0.1, -0.05) is 32.0 Å². The number of benzene rings is 1. The Bertz CT molecular complexity index is 570. The third-order valence-electron chi connectivity index (χ3n) is 3.51. The number of nitrogens with two attached hydrogens (primary N) is 1. The number of nitrogens with zero attached hydrogens (tertiary/aromatic N) is 1. The molecule has 0 saturated heterocycles. The smallest absolute Gasteiger partial charge is 0.166 e. The first kappa shape index (κ1) is 16.2. The van der Waals surface area contributed by atoms with Crippen LogP contribution in [0.2, 0.25) is 0 Å². The van der Waals surface area contributed by atoms with Crippen molar-refractivity contribution in [2.24, 2.45) is 5.73 Å². The minimum Gasteiger partial charge on any atom is -0.494 e. The maximum Gasteiger partial charge on any atom is 0.166 e. The van der Waals surface area contributed by atoms with Gasteiger partial charge < -0.3 is 15.5 Å². The number of aromatic nitrogens is 2. The fraction of sp³-hybridized carbons (Fsp3) is 0.562. The number of H-pyrrole nitrogens is 1. The van der Waals surface area contributed by atoms with E-state index >= 15 is 0 Å². The molecule has 0 aliphatic heterocycles.